The molecule has 2 aromatic carbocycles. The van der Waals surface area contributed by atoms with Crippen molar-refractivity contribution in [3.8, 4) is 0 Å². The standard InChI is InChI=1S/C18H17N3OS/c1-12-3-4-13(2)17(11-12)23-15-7-5-14(6-8-15)20-18(22)16-9-10-19-21-16/h3-11H,1-2H3,(H,19,21)(H,20,22). The Hall–Kier alpha value is -2.53. The molecular weight excluding hydrogens is 306 g/mol. The molecule has 0 aliphatic rings. The third-order valence-corrected chi connectivity index (χ3v) is 4.60. The van der Waals surface area contributed by atoms with Crippen LogP contribution in [0, 0.1) is 13.8 Å². The van der Waals surface area contributed by atoms with Gasteiger partial charge in [0.15, 0.2) is 0 Å². The van der Waals surface area contributed by atoms with Gasteiger partial charge in [0, 0.05) is 21.7 Å². The molecular formula is C18H17N3OS. The number of benzene rings is 2. The molecule has 0 bridgehead atoms. The third kappa shape index (κ3) is 3.81. The quantitative estimate of drug-likeness (QED) is 0.747. The lowest BCUT2D eigenvalue weighted by Gasteiger charge is -2.08. The largest absolute Gasteiger partial charge is 0.321 e. The first-order valence-electron chi connectivity index (χ1n) is 7.28. The second kappa shape index (κ2) is 6.71. The molecule has 0 saturated heterocycles. The van der Waals surface area contributed by atoms with Crippen molar-refractivity contribution in [3.05, 3.63) is 71.5 Å². The summed E-state index contributed by atoms with van der Waals surface area (Å²) in [4.78, 5) is 14.3. The normalized spacial score (nSPS) is 10.5. The van der Waals surface area contributed by atoms with Crippen LogP contribution in [-0.2, 0) is 0 Å². The molecule has 23 heavy (non-hydrogen) atoms. The van der Waals surface area contributed by atoms with Gasteiger partial charge in [-0.15, -0.1) is 0 Å². The van der Waals surface area contributed by atoms with Gasteiger partial charge in [0.1, 0.15) is 5.69 Å². The molecule has 0 unspecified atom stereocenters. The third-order valence-electron chi connectivity index (χ3n) is 3.43. The van der Waals surface area contributed by atoms with Crippen LogP contribution in [0.3, 0.4) is 0 Å². The van der Waals surface area contributed by atoms with Crippen molar-refractivity contribution in [1.29, 1.82) is 0 Å². The number of anilines is 1. The van der Waals surface area contributed by atoms with Crippen LogP contribution >= 0.6 is 11.8 Å². The molecule has 0 aliphatic carbocycles. The Morgan fingerprint density at radius 3 is 2.57 bits per heavy atom. The van der Waals surface area contributed by atoms with E-state index in [0.717, 1.165) is 10.6 Å². The van der Waals surface area contributed by atoms with Crippen molar-refractivity contribution >= 4 is 23.4 Å². The van der Waals surface area contributed by atoms with Gasteiger partial charge in [-0.1, -0.05) is 23.9 Å². The Balaban J connectivity index is 1.70. The number of aryl methyl sites for hydroxylation is 2. The summed E-state index contributed by atoms with van der Waals surface area (Å²) in [5, 5.41) is 9.25. The number of carbonyl (C=O) groups excluding carboxylic acids is 1. The van der Waals surface area contributed by atoms with E-state index < -0.39 is 0 Å². The van der Waals surface area contributed by atoms with Gasteiger partial charge in [0.2, 0.25) is 0 Å². The van der Waals surface area contributed by atoms with E-state index in [-0.39, 0.29) is 5.91 Å². The second-order valence-corrected chi connectivity index (χ2v) is 6.44. The molecule has 1 aromatic heterocycles. The Kier molecular flexibility index (Phi) is 4.48. The van der Waals surface area contributed by atoms with E-state index in [2.05, 4.69) is 47.6 Å². The minimum Gasteiger partial charge on any atom is -0.321 e. The van der Waals surface area contributed by atoms with E-state index in [1.54, 1.807) is 24.0 Å². The molecule has 0 saturated carbocycles. The number of hydrogen-bond donors (Lipinski definition) is 2. The topological polar surface area (TPSA) is 57.8 Å². The highest BCUT2D eigenvalue weighted by Crippen LogP contribution is 2.31. The average Bonchev–Trinajstić information content (AvgIpc) is 3.07. The van der Waals surface area contributed by atoms with Gasteiger partial charge in [-0.3, -0.25) is 9.89 Å². The molecule has 2 N–H and O–H groups in total. The van der Waals surface area contributed by atoms with E-state index in [1.165, 1.54) is 16.0 Å². The van der Waals surface area contributed by atoms with Gasteiger partial charge in [-0.05, 0) is 61.4 Å². The van der Waals surface area contributed by atoms with Crippen molar-refractivity contribution in [2.24, 2.45) is 0 Å². The van der Waals surface area contributed by atoms with E-state index in [0.29, 0.717) is 5.69 Å². The number of aromatic amines is 1. The van der Waals surface area contributed by atoms with E-state index >= 15 is 0 Å². The molecule has 0 radical (unpaired) electrons. The predicted octanol–water partition coefficient (Wildman–Crippen LogP) is 4.43. The number of H-pyrrole nitrogens is 1. The summed E-state index contributed by atoms with van der Waals surface area (Å²) in [7, 11) is 0. The molecule has 116 valence electrons. The molecule has 0 fully saturated rings. The van der Waals surface area contributed by atoms with Crippen LogP contribution in [0.15, 0.2) is 64.5 Å². The number of aromatic nitrogens is 2. The number of nitrogens with one attached hydrogen (secondary N) is 2. The number of nitrogens with zero attached hydrogens (tertiary/aromatic N) is 1. The summed E-state index contributed by atoms with van der Waals surface area (Å²) in [6, 6.07) is 15.9. The van der Waals surface area contributed by atoms with Crippen molar-refractivity contribution in [3.63, 3.8) is 0 Å². The van der Waals surface area contributed by atoms with Gasteiger partial charge in [0.25, 0.3) is 5.91 Å². The van der Waals surface area contributed by atoms with Crippen LogP contribution in [0.5, 0.6) is 0 Å². The van der Waals surface area contributed by atoms with Crippen molar-refractivity contribution in [2.75, 3.05) is 5.32 Å². The number of rotatable bonds is 4. The average molecular weight is 323 g/mol. The Bertz CT molecular complexity index is 811. The lowest BCUT2D eigenvalue weighted by Crippen LogP contribution is -2.12. The Morgan fingerprint density at radius 1 is 1.09 bits per heavy atom. The maximum absolute atomic E-state index is 11.9. The zero-order chi connectivity index (χ0) is 16.2. The van der Waals surface area contributed by atoms with Crippen molar-refractivity contribution in [2.45, 2.75) is 23.6 Å². The zero-order valence-electron chi connectivity index (χ0n) is 13.0. The van der Waals surface area contributed by atoms with E-state index in [4.69, 9.17) is 0 Å². The summed E-state index contributed by atoms with van der Waals surface area (Å²) < 4.78 is 0. The summed E-state index contributed by atoms with van der Waals surface area (Å²) >= 11 is 1.72. The molecule has 0 aliphatic heterocycles. The van der Waals surface area contributed by atoms with Crippen LogP contribution in [0.25, 0.3) is 0 Å². The van der Waals surface area contributed by atoms with E-state index in [1.807, 2.05) is 24.3 Å². The molecule has 0 atom stereocenters. The van der Waals surface area contributed by atoms with Crippen LogP contribution in [0.4, 0.5) is 5.69 Å². The van der Waals surface area contributed by atoms with Crippen molar-refractivity contribution < 1.29 is 4.79 Å². The lowest BCUT2D eigenvalue weighted by molar-refractivity contribution is 0.102. The fourth-order valence-corrected chi connectivity index (χ4v) is 3.13. The van der Waals surface area contributed by atoms with Crippen LogP contribution in [0.1, 0.15) is 21.6 Å². The van der Waals surface area contributed by atoms with Crippen LogP contribution in [0.2, 0.25) is 0 Å². The molecule has 5 heteroatoms. The summed E-state index contributed by atoms with van der Waals surface area (Å²) in [5.41, 5.74) is 3.72. The number of amides is 1. The molecule has 4 nitrogen and oxygen atoms in total. The lowest BCUT2D eigenvalue weighted by atomic mass is 10.2. The highest BCUT2D eigenvalue weighted by Gasteiger charge is 2.07. The molecule has 3 rings (SSSR count). The molecule has 1 heterocycles. The second-order valence-electron chi connectivity index (χ2n) is 5.32. The van der Waals surface area contributed by atoms with Gasteiger partial charge < -0.3 is 5.32 Å². The monoisotopic (exact) mass is 323 g/mol. The smallest absolute Gasteiger partial charge is 0.273 e. The first-order valence-corrected chi connectivity index (χ1v) is 8.09. The summed E-state index contributed by atoms with van der Waals surface area (Å²) in [5.74, 6) is -0.197. The van der Waals surface area contributed by atoms with Gasteiger partial charge in [0.05, 0.1) is 0 Å². The van der Waals surface area contributed by atoms with Gasteiger partial charge in [-0.25, -0.2) is 0 Å². The highest BCUT2D eigenvalue weighted by atomic mass is 32.2. The van der Waals surface area contributed by atoms with Crippen LogP contribution < -0.4 is 5.32 Å². The maximum atomic E-state index is 11.9. The molecule has 1 amide bonds. The summed E-state index contributed by atoms with van der Waals surface area (Å²) in [6.45, 7) is 4.21. The number of hydrogen-bond acceptors (Lipinski definition) is 3. The predicted molar refractivity (Wildman–Crippen MR) is 93.0 cm³/mol. The fourth-order valence-electron chi connectivity index (χ4n) is 2.13. The summed E-state index contributed by atoms with van der Waals surface area (Å²) in [6.07, 6.45) is 1.55. The van der Waals surface area contributed by atoms with Crippen molar-refractivity contribution in [1.82, 2.24) is 10.2 Å². The van der Waals surface area contributed by atoms with E-state index in [9.17, 15) is 4.79 Å². The first kappa shape index (κ1) is 15.4. The Labute approximate surface area is 139 Å². The first-order chi connectivity index (χ1) is 11.1. The number of carbonyl (C=O) groups is 1. The van der Waals surface area contributed by atoms with Gasteiger partial charge in [-0.2, -0.15) is 5.10 Å². The van der Waals surface area contributed by atoms with Crippen LogP contribution in [-0.4, -0.2) is 16.1 Å². The molecule has 3 aromatic rings. The minimum absolute atomic E-state index is 0.197. The highest BCUT2D eigenvalue weighted by molar-refractivity contribution is 7.99. The minimum atomic E-state index is -0.197. The Morgan fingerprint density at radius 2 is 1.87 bits per heavy atom. The fraction of sp³-hybridized carbons (Fsp3) is 0.111. The zero-order valence-corrected chi connectivity index (χ0v) is 13.8. The SMILES string of the molecule is Cc1ccc(C)c(Sc2ccc(NC(=O)c3ccn[nH]3)cc2)c1. The van der Waals surface area contributed by atoms with Gasteiger partial charge >= 0.3 is 0 Å². The molecule has 0 spiro atoms. The maximum Gasteiger partial charge on any atom is 0.273 e.